The van der Waals surface area contributed by atoms with Crippen molar-refractivity contribution in [3.63, 3.8) is 0 Å². The zero-order valence-corrected chi connectivity index (χ0v) is 14.8. The van der Waals surface area contributed by atoms with Gasteiger partial charge < -0.3 is 10.2 Å². The molecule has 1 radical (unpaired) electrons. The van der Waals surface area contributed by atoms with Gasteiger partial charge in [0.15, 0.2) is 5.78 Å². The van der Waals surface area contributed by atoms with Gasteiger partial charge in [0.1, 0.15) is 0 Å². The summed E-state index contributed by atoms with van der Waals surface area (Å²) in [5, 5.41) is 17.0. The quantitative estimate of drug-likeness (QED) is 0.772. The van der Waals surface area contributed by atoms with Crippen molar-refractivity contribution >= 4 is 17.4 Å². The Labute approximate surface area is 152 Å². The number of ketones is 1. The van der Waals surface area contributed by atoms with Crippen LogP contribution in [0.3, 0.4) is 0 Å². The van der Waals surface area contributed by atoms with Crippen molar-refractivity contribution in [3.05, 3.63) is 41.2 Å². The van der Waals surface area contributed by atoms with Crippen molar-refractivity contribution in [1.29, 1.82) is 5.26 Å². The molecule has 0 amide bonds. The van der Waals surface area contributed by atoms with E-state index in [1.54, 1.807) is 24.5 Å². The molecule has 21 heavy (non-hydrogen) atoms. The third kappa shape index (κ3) is 3.43. The molecule has 1 fully saturated rings. The van der Waals surface area contributed by atoms with Gasteiger partial charge in [0.25, 0.3) is 0 Å². The topological polar surface area (TPSA) is 67.8 Å². The van der Waals surface area contributed by atoms with E-state index in [0.717, 1.165) is 24.0 Å². The molecule has 1 heterocycles. The molecule has 0 saturated heterocycles. The number of hydrogen-bond acceptors (Lipinski definition) is 3. The van der Waals surface area contributed by atoms with Crippen LogP contribution < -0.4 is 5.10 Å². The van der Waals surface area contributed by atoms with Crippen LogP contribution >= 0.6 is 11.6 Å². The second-order valence-corrected chi connectivity index (χ2v) is 5.54. The Morgan fingerprint density at radius 3 is 2.76 bits per heavy atom. The second-order valence-electron chi connectivity index (χ2n) is 5.13. The van der Waals surface area contributed by atoms with Gasteiger partial charge in [-0.25, -0.2) is 0 Å². The van der Waals surface area contributed by atoms with Crippen molar-refractivity contribution < 1.29 is 37.5 Å². The number of benzene rings is 1. The number of carbonyl (C=O) groups is 1. The number of Topliss-reactive ketones (excluding diaryl/α,β-unsaturated/α-hetero) is 1. The molecule has 4 nitrogen and oxygen atoms in total. The van der Waals surface area contributed by atoms with Gasteiger partial charge in [-0.15, -0.1) is 0 Å². The number of halogens is 1. The molecule has 1 aliphatic carbocycles. The summed E-state index contributed by atoms with van der Waals surface area (Å²) in [7, 11) is 0. The Bertz CT molecular complexity index is 702. The van der Waals surface area contributed by atoms with E-state index in [1.807, 2.05) is 6.07 Å². The predicted octanol–water partition coefficient (Wildman–Crippen LogP) is 3.23. The number of hydrogen-bond donors (Lipinski definition) is 0. The summed E-state index contributed by atoms with van der Waals surface area (Å²) in [6.07, 6.45) is 5.10. The molecule has 0 unspecified atom stereocenters. The van der Waals surface area contributed by atoms with Crippen molar-refractivity contribution in [2.75, 3.05) is 0 Å². The Balaban J connectivity index is 0.00000161. The molecular weight excluding hydrogens is 363 g/mol. The van der Waals surface area contributed by atoms with Crippen molar-refractivity contribution in [3.8, 4) is 17.2 Å². The van der Waals surface area contributed by atoms with Crippen LogP contribution in [0.25, 0.3) is 11.1 Å². The smallest absolute Gasteiger partial charge is 0.165 e. The standard InChI is InChI=1S/C15H11ClN3O.Y/c16-13-2-1-10(11-7-18-19-8-11)5-12(13)14(20)6-15(9-17)3-4-15;/h1-2,5,7-8H,3-4,6H2;/q-1;. The first-order valence-electron chi connectivity index (χ1n) is 6.31. The van der Waals surface area contributed by atoms with Crippen LogP contribution in [0.15, 0.2) is 30.6 Å². The maximum Gasteiger partial charge on any atom is 0.165 e. The second kappa shape index (κ2) is 6.40. The van der Waals surface area contributed by atoms with E-state index in [-0.39, 0.29) is 44.9 Å². The number of aromatic nitrogens is 2. The molecule has 1 aromatic carbocycles. The molecule has 0 N–H and O–H groups in total. The average molecular weight is 374 g/mol. The SMILES string of the molecule is N#CC1(CC(=O)c2cc(-c3cn[n-]c3)ccc2Cl)CC1.[Y]. The average Bonchev–Trinajstić information content (AvgIpc) is 3.01. The van der Waals surface area contributed by atoms with Gasteiger partial charge >= 0.3 is 0 Å². The maximum absolute atomic E-state index is 12.3. The van der Waals surface area contributed by atoms with E-state index in [4.69, 9.17) is 16.9 Å². The van der Waals surface area contributed by atoms with E-state index in [9.17, 15) is 4.79 Å². The van der Waals surface area contributed by atoms with E-state index in [1.165, 1.54) is 0 Å². The summed E-state index contributed by atoms with van der Waals surface area (Å²) in [6.45, 7) is 0. The van der Waals surface area contributed by atoms with Gasteiger partial charge in [-0.05, 0) is 36.1 Å². The van der Waals surface area contributed by atoms with E-state index >= 15 is 0 Å². The zero-order valence-electron chi connectivity index (χ0n) is 11.2. The van der Waals surface area contributed by atoms with Crippen molar-refractivity contribution in [2.24, 2.45) is 5.41 Å². The Hall–Kier alpha value is -1.02. The first kappa shape index (κ1) is 16.4. The van der Waals surface area contributed by atoms with Crippen LogP contribution in [0.5, 0.6) is 0 Å². The molecule has 0 spiro atoms. The molecule has 1 aliphatic rings. The fraction of sp³-hybridized carbons (Fsp3) is 0.267. The normalized spacial score (nSPS) is 14.9. The summed E-state index contributed by atoms with van der Waals surface area (Å²) >= 11 is 6.11. The third-order valence-electron chi connectivity index (χ3n) is 3.65. The van der Waals surface area contributed by atoms with Gasteiger partial charge in [-0.1, -0.05) is 17.7 Å². The molecule has 6 heteroatoms. The fourth-order valence-corrected chi connectivity index (χ4v) is 2.40. The van der Waals surface area contributed by atoms with E-state index in [0.29, 0.717) is 10.6 Å². The fourth-order valence-electron chi connectivity index (χ4n) is 2.17. The predicted molar refractivity (Wildman–Crippen MR) is 74.2 cm³/mol. The van der Waals surface area contributed by atoms with E-state index in [2.05, 4.69) is 16.3 Å². The third-order valence-corrected chi connectivity index (χ3v) is 3.98. The summed E-state index contributed by atoms with van der Waals surface area (Å²) < 4.78 is 0. The number of rotatable bonds is 4. The summed E-state index contributed by atoms with van der Waals surface area (Å²) in [6, 6.07) is 7.50. The molecule has 3 rings (SSSR count). The number of carbonyl (C=O) groups excluding carboxylic acids is 1. The molecule has 1 aromatic heterocycles. The minimum atomic E-state index is -0.458. The molecule has 0 aliphatic heterocycles. The van der Waals surface area contributed by atoms with Gasteiger partial charge in [-0.2, -0.15) is 11.5 Å². The molecule has 2 aromatic rings. The summed E-state index contributed by atoms with van der Waals surface area (Å²) in [4.78, 5) is 12.3. The van der Waals surface area contributed by atoms with Crippen LogP contribution in [-0.4, -0.2) is 10.9 Å². The largest absolute Gasteiger partial charge is 0.581 e. The van der Waals surface area contributed by atoms with Crippen molar-refractivity contribution in [1.82, 2.24) is 10.2 Å². The molecule has 103 valence electrons. The van der Waals surface area contributed by atoms with Gasteiger partial charge in [-0.3, -0.25) is 4.79 Å². The maximum atomic E-state index is 12.3. The van der Waals surface area contributed by atoms with Crippen LogP contribution in [0.4, 0.5) is 0 Å². The minimum Gasteiger partial charge on any atom is -0.581 e. The Kier molecular flexibility index (Phi) is 4.98. The molecular formula is C15H11ClN3OY-. The van der Waals surface area contributed by atoms with Crippen LogP contribution in [0.1, 0.15) is 29.6 Å². The molecule has 0 bridgehead atoms. The number of nitriles is 1. The molecule has 0 atom stereocenters. The minimum absolute atomic E-state index is 0. The summed E-state index contributed by atoms with van der Waals surface area (Å²) in [5.41, 5.74) is 1.70. The first-order valence-corrected chi connectivity index (χ1v) is 6.69. The van der Waals surface area contributed by atoms with Gasteiger partial charge in [0, 0.05) is 50.9 Å². The van der Waals surface area contributed by atoms with Crippen LogP contribution in [-0.2, 0) is 32.7 Å². The Morgan fingerprint density at radius 1 is 1.43 bits per heavy atom. The van der Waals surface area contributed by atoms with Gasteiger partial charge in [0.05, 0.1) is 16.5 Å². The first-order chi connectivity index (χ1) is 9.63. The van der Waals surface area contributed by atoms with E-state index < -0.39 is 5.41 Å². The van der Waals surface area contributed by atoms with Crippen LogP contribution in [0, 0.1) is 16.7 Å². The molecule has 1 saturated carbocycles. The van der Waals surface area contributed by atoms with Crippen LogP contribution in [0.2, 0.25) is 5.02 Å². The monoisotopic (exact) mass is 373 g/mol. The number of nitrogens with zero attached hydrogens (tertiary/aromatic N) is 3. The zero-order chi connectivity index (χ0) is 14.2. The Morgan fingerprint density at radius 2 is 2.19 bits per heavy atom. The van der Waals surface area contributed by atoms with Gasteiger partial charge in [0.2, 0.25) is 0 Å². The van der Waals surface area contributed by atoms with Crippen molar-refractivity contribution in [2.45, 2.75) is 19.3 Å². The summed E-state index contributed by atoms with van der Waals surface area (Å²) in [5.74, 6) is -0.0802.